The van der Waals surface area contributed by atoms with Crippen LogP contribution in [-0.4, -0.2) is 44.0 Å². The van der Waals surface area contributed by atoms with Crippen LogP contribution < -0.4 is 10.9 Å². The molecule has 0 fully saturated rings. The Bertz CT molecular complexity index is 1370. The van der Waals surface area contributed by atoms with Crippen molar-refractivity contribution in [2.45, 2.75) is 12.1 Å². The van der Waals surface area contributed by atoms with E-state index in [-0.39, 0.29) is 29.6 Å². The second kappa shape index (κ2) is 9.65. The van der Waals surface area contributed by atoms with E-state index < -0.39 is 11.5 Å². The van der Waals surface area contributed by atoms with Gasteiger partial charge in [-0.1, -0.05) is 11.8 Å². The molecule has 4 aromatic rings. The van der Waals surface area contributed by atoms with Gasteiger partial charge in [-0.15, -0.1) is 5.10 Å². The third kappa shape index (κ3) is 5.09. The molecule has 0 bridgehead atoms. The fourth-order valence-electron chi connectivity index (χ4n) is 2.98. The van der Waals surface area contributed by atoms with Gasteiger partial charge in [0.05, 0.1) is 23.6 Å². The Morgan fingerprint density at radius 1 is 1.15 bits per heavy atom. The zero-order chi connectivity index (χ0) is 23.4. The predicted molar refractivity (Wildman–Crippen MR) is 121 cm³/mol. The summed E-state index contributed by atoms with van der Waals surface area (Å²) < 4.78 is 19.5. The zero-order valence-electron chi connectivity index (χ0n) is 17.4. The molecule has 0 saturated carbocycles. The number of H-pyrrole nitrogens is 1. The van der Waals surface area contributed by atoms with Crippen LogP contribution in [0.25, 0.3) is 16.8 Å². The molecule has 0 unspecified atom stereocenters. The molecule has 2 heterocycles. The summed E-state index contributed by atoms with van der Waals surface area (Å²) in [5.74, 6) is -1.12. The zero-order valence-corrected chi connectivity index (χ0v) is 18.2. The minimum Gasteiger partial charge on any atom is -0.462 e. The van der Waals surface area contributed by atoms with Crippen molar-refractivity contribution < 1.29 is 18.7 Å². The number of hydrogen-bond donors (Lipinski definition) is 2. The maximum absolute atomic E-state index is 13.2. The van der Waals surface area contributed by atoms with Crippen LogP contribution in [0.1, 0.15) is 17.3 Å². The lowest BCUT2D eigenvalue weighted by Gasteiger charge is -2.07. The van der Waals surface area contributed by atoms with Gasteiger partial charge in [-0.3, -0.25) is 9.59 Å². The first-order valence-corrected chi connectivity index (χ1v) is 10.9. The minimum absolute atomic E-state index is 0.000483. The van der Waals surface area contributed by atoms with Crippen molar-refractivity contribution in [3.63, 3.8) is 0 Å². The summed E-state index contributed by atoms with van der Waals surface area (Å²) in [6, 6.07) is 13.6. The van der Waals surface area contributed by atoms with E-state index in [9.17, 15) is 18.8 Å². The highest BCUT2D eigenvalue weighted by Crippen LogP contribution is 2.22. The van der Waals surface area contributed by atoms with E-state index >= 15 is 0 Å². The van der Waals surface area contributed by atoms with Gasteiger partial charge in [0, 0.05) is 11.3 Å². The van der Waals surface area contributed by atoms with Gasteiger partial charge in [0.25, 0.3) is 5.56 Å². The highest BCUT2D eigenvalue weighted by atomic mass is 32.2. The van der Waals surface area contributed by atoms with E-state index in [0.717, 1.165) is 11.8 Å². The number of amides is 1. The Hall–Kier alpha value is -3.99. The Balaban J connectivity index is 1.46. The molecule has 33 heavy (non-hydrogen) atoms. The van der Waals surface area contributed by atoms with Crippen molar-refractivity contribution in [3.05, 3.63) is 76.3 Å². The maximum atomic E-state index is 13.2. The highest BCUT2D eigenvalue weighted by Gasteiger charge is 2.14. The molecule has 1 amide bonds. The van der Waals surface area contributed by atoms with Crippen LogP contribution in [0.15, 0.2) is 64.5 Å². The van der Waals surface area contributed by atoms with Crippen LogP contribution in [0.3, 0.4) is 0 Å². The number of carbonyl (C=O) groups is 2. The van der Waals surface area contributed by atoms with E-state index in [1.54, 1.807) is 49.4 Å². The molecule has 11 heteroatoms. The number of benzene rings is 2. The number of ether oxygens (including phenoxy) is 1. The van der Waals surface area contributed by atoms with E-state index in [1.165, 1.54) is 16.6 Å². The second-order valence-electron chi connectivity index (χ2n) is 6.80. The topological polar surface area (TPSA) is 118 Å². The molecule has 0 aliphatic heterocycles. The molecular weight excluding hydrogens is 449 g/mol. The number of rotatable bonds is 7. The number of esters is 1. The van der Waals surface area contributed by atoms with Gasteiger partial charge in [-0.05, 0) is 61.5 Å². The summed E-state index contributed by atoms with van der Waals surface area (Å²) >= 11 is 1.08. The first-order valence-electron chi connectivity index (χ1n) is 9.89. The lowest BCUT2D eigenvalue weighted by Crippen LogP contribution is -2.17. The van der Waals surface area contributed by atoms with Crippen LogP contribution in [0, 0.1) is 5.82 Å². The fourth-order valence-corrected chi connectivity index (χ4v) is 3.68. The number of carbonyl (C=O) groups excluding carboxylic acids is 2. The SMILES string of the molecule is CCOC(=O)c1ccc(NC(=O)CSc2n[nH]c(=O)c3cc(-c4ccc(F)cc4)nn23)cc1. The van der Waals surface area contributed by atoms with Crippen molar-refractivity contribution in [1.29, 1.82) is 0 Å². The minimum atomic E-state index is -0.439. The third-order valence-electron chi connectivity index (χ3n) is 4.53. The molecule has 0 radical (unpaired) electrons. The van der Waals surface area contributed by atoms with Crippen molar-refractivity contribution >= 4 is 34.8 Å². The summed E-state index contributed by atoms with van der Waals surface area (Å²) in [5.41, 5.74) is 1.83. The first kappa shape index (κ1) is 22.2. The number of fused-ring (bicyclic) bond motifs is 1. The van der Waals surface area contributed by atoms with Gasteiger partial charge in [0.15, 0.2) is 0 Å². The number of hydrogen-bond acceptors (Lipinski definition) is 7. The molecule has 2 N–H and O–H groups in total. The van der Waals surface area contributed by atoms with Crippen LogP contribution in [-0.2, 0) is 9.53 Å². The van der Waals surface area contributed by atoms with Crippen LogP contribution >= 0.6 is 11.8 Å². The molecule has 2 aromatic heterocycles. The largest absolute Gasteiger partial charge is 0.462 e. The molecule has 0 aliphatic rings. The number of halogens is 1. The molecule has 0 aliphatic carbocycles. The number of aromatic amines is 1. The van der Waals surface area contributed by atoms with Crippen molar-refractivity contribution in [2.75, 3.05) is 17.7 Å². The average Bonchev–Trinajstić information content (AvgIpc) is 3.26. The van der Waals surface area contributed by atoms with Crippen LogP contribution in [0.5, 0.6) is 0 Å². The van der Waals surface area contributed by atoms with Crippen LogP contribution in [0.2, 0.25) is 0 Å². The molecular formula is C22H18FN5O4S. The van der Waals surface area contributed by atoms with E-state index in [1.807, 2.05) is 0 Å². The summed E-state index contributed by atoms with van der Waals surface area (Å²) in [7, 11) is 0. The number of thioether (sulfide) groups is 1. The second-order valence-corrected chi connectivity index (χ2v) is 7.75. The summed E-state index contributed by atoms with van der Waals surface area (Å²) in [5, 5.41) is 13.8. The van der Waals surface area contributed by atoms with Crippen LogP contribution in [0.4, 0.5) is 10.1 Å². The summed E-state index contributed by atoms with van der Waals surface area (Å²) in [6.07, 6.45) is 0. The molecule has 4 rings (SSSR count). The average molecular weight is 467 g/mol. The van der Waals surface area contributed by atoms with Crippen molar-refractivity contribution in [3.8, 4) is 11.3 Å². The summed E-state index contributed by atoms with van der Waals surface area (Å²) in [4.78, 5) is 36.3. The normalized spacial score (nSPS) is 10.8. The van der Waals surface area contributed by atoms with Gasteiger partial charge in [0.2, 0.25) is 11.1 Å². The quantitative estimate of drug-likeness (QED) is 0.317. The highest BCUT2D eigenvalue weighted by molar-refractivity contribution is 7.99. The van der Waals surface area contributed by atoms with Crippen molar-refractivity contribution in [1.82, 2.24) is 19.8 Å². The number of aromatic nitrogens is 4. The lowest BCUT2D eigenvalue weighted by molar-refractivity contribution is -0.113. The monoisotopic (exact) mass is 467 g/mol. The summed E-state index contributed by atoms with van der Waals surface area (Å²) in [6.45, 7) is 2.00. The predicted octanol–water partition coefficient (Wildman–Crippen LogP) is 3.13. The molecule has 2 aromatic carbocycles. The lowest BCUT2D eigenvalue weighted by atomic mass is 10.1. The molecule has 9 nitrogen and oxygen atoms in total. The maximum Gasteiger partial charge on any atom is 0.338 e. The Kier molecular flexibility index (Phi) is 6.50. The standard InChI is InChI=1S/C22H18FN5O4S/c1-2-32-21(31)14-5-9-16(10-6-14)24-19(29)12-33-22-26-25-20(30)18-11-17(27-28(18)22)13-3-7-15(23)8-4-13/h3-11H,2,12H2,1H3,(H,24,29)(H,25,30). The fraction of sp³-hybridized carbons (Fsp3) is 0.136. The van der Waals surface area contributed by atoms with Gasteiger partial charge in [-0.2, -0.15) is 5.10 Å². The Labute approximate surface area is 191 Å². The van der Waals surface area contributed by atoms with Gasteiger partial charge in [0.1, 0.15) is 11.3 Å². The first-order chi connectivity index (χ1) is 15.9. The van der Waals surface area contributed by atoms with Gasteiger partial charge < -0.3 is 10.1 Å². The third-order valence-corrected chi connectivity index (χ3v) is 5.46. The number of nitrogens with one attached hydrogen (secondary N) is 2. The molecule has 168 valence electrons. The molecule has 0 spiro atoms. The number of anilines is 1. The van der Waals surface area contributed by atoms with E-state index in [4.69, 9.17) is 4.74 Å². The Morgan fingerprint density at radius 2 is 1.88 bits per heavy atom. The van der Waals surface area contributed by atoms with Gasteiger partial charge >= 0.3 is 5.97 Å². The smallest absolute Gasteiger partial charge is 0.338 e. The molecule has 0 saturated heterocycles. The number of nitrogens with zero attached hydrogens (tertiary/aromatic N) is 3. The molecule has 0 atom stereocenters. The Morgan fingerprint density at radius 3 is 2.58 bits per heavy atom. The van der Waals surface area contributed by atoms with Gasteiger partial charge in [-0.25, -0.2) is 18.8 Å². The van der Waals surface area contributed by atoms with E-state index in [2.05, 4.69) is 20.6 Å². The van der Waals surface area contributed by atoms with E-state index in [0.29, 0.717) is 27.7 Å². The van der Waals surface area contributed by atoms with Crippen molar-refractivity contribution in [2.24, 2.45) is 0 Å².